The van der Waals surface area contributed by atoms with Gasteiger partial charge in [0, 0.05) is 24.8 Å². The molecule has 1 aliphatic heterocycles. The molecule has 3 aromatic heterocycles. The molecular formula is C21H24F4N6O4S2. The maximum absolute atomic E-state index is 13.3. The summed E-state index contributed by atoms with van der Waals surface area (Å²) in [4.78, 5) is 6.15. The second kappa shape index (κ2) is 9.72. The number of sulfonamides is 1. The Morgan fingerprint density at radius 3 is 2.68 bits per heavy atom. The van der Waals surface area contributed by atoms with Gasteiger partial charge in [-0.05, 0) is 32.8 Å². The van der Waals surface area contributed by atoms with Crippen molar-refractivity contribution in [3.8, 4) is 10.7 Å². The fourth-order valence-electron chi connectivity index (χ4n) is 4.20. The van der Waals surface area contributed by atoms with Gasteiger partial charge in [-0.15, -0.1) is 10.2 Å². The van der Waals surface area contributed by atoms with Gasteiger partial charge in [0.2, 0.25) is 10.0 Å². The highest BCUT2D eigenvalue weighted by Crippen LogP contribution is 2.38. The Labute approximate surface area is 213 Å². The Kier molecular flexibility index (Phi) is 6.89. The van der Waals surface area contributed by atoms with Gasteiger partial charge in [-0.3, -0.25) is 4.40 Å². The third kappa shape index (κ3) is 5.57. The Morgan fingerprint density at radius 2 is 2.03 bits per heavy atom. The van der Waals surface area contributed by atoms with E-state index in [1.807, 2.05) is 0 Å². The number of alkyl halides is 4. The molecule has 1 N–H and O–H groups in total. The molecule has 2 atom stereocenters. The first-order chi connectivity index (χ1) is 17.4. The number of halogens is 4. The first-order valence-electron chi connectivity index (χ1n) is 11.4. The summed E-state index contributed by atoms with van der Waals surface area (Å²) >= 11 is 0.679. The van der Waals surface area contributed by atoms with Crippen LogP contribution in [0.25, 0.3) is 16.3 Å². The summed E-state index contributed by atoms with van der Waals surface area (Å²) in [6, 6.07) is 1.47. The van der Waals surface area contributed by atoms with E-state index in [0.717, 1.165) is 0 Å². The number of rotatable bonds is 9. The second-order valence-corrected chi connectivity index (χ2v) is 12.1. The Hall–Kier alpha value is -2.40. The van der Waals surface area contributed by atoms with Gasteiger partial charge < -0.3 is 14.4 Å². The standard InChI is InChI=1S/C21H24F4N6O4S2/c1-11-7-30(8-12(35-11)10-34-20(24)25)14-5-13(37(32,33)29-21(2)3-4-21)9-31-15(6-26-17(14)31)18-27-28-19(36-18)16(22)23/h5-6,9,11-12,16,20,29H,3-4,7-8,10H2,1-2H3/t11-,12-/m0/s1. The first kappa shape index (κ1) is 26.2. The van der Waals surface area contributed by atoms with E-state index in [9.17, 15) is 26.0 Å². The zero-order valence-electron chi connectivity index (χ0n) is 19.8. The van der Waals surface area contributed by atoms with Gasteiger partial charge in [0.15, 0.2) is 15.7 Å². The van der Waals surface area contributed by atoms with Gasteiger partial charge >= 0.3 is 6.61 Å². The van der Waals surface area contributed by atoms with Gasteiger partial charge in [-0.2, -0.15) is 8.78 Å². The first-order valence-corrected chi connectivity index (χ1v) is 13.7. The molecule has 0 spiro atoms. The lowest BCUT2D eigenvalue weighted by atomic mass is 10.2. The summed E-state index contributed by atoms with van der Waals surface area (Å²) in [5.41, 5.74) is 0.491. The largest absolute Gasteiger partial charge is 0.369 e. The summed E-state index contributed by atoms with van der Waals surface area (Å²) in [7, 11) is -3.97. The minimum Gasteiger partial charge on any atom is -0.369 e. The predicted molar refractivity (Wildman–Crippen MR) is 126 cm³/mol. The fourth-order valence-corrected chi connectivity index (χ4v) is 6.38. The third-order valence-corrected chi connectivity index (χ3v) is 8.73. The van der Waals surface area contributed by atoms with E-state index in [0.29, 0.717) is 42.1 Å². The zero-order valence-corrected chi connectivity index (χ0v) is 21.4. The lowest BCUT2D eigenvalue weighted by Gasteiger charge is -2.38. The predicted octanol–water partition coefficient (Wildman–Crippen LogP) is 3.45. The normalized spacial score (nSPS) is 21.9. The number of nitrogens with one attached hydrogen (secondary N) is 1. The van der Waals surface area contributed by atoms with E-state index in [4.69, 9.17) is 4.74 Å². The molecule has 5 rings (SSSR count). The fraction of sp³-hybridized carbons (Fsp3) is 0.571. The van der Waals surface area contributed by atoms with Crippen LogP contribution >= 0.6 is 11.3 Å². The summed E-state index contributed by atoms with van der Waals surface area (Å²) in [5, 5.41) is 7.03. The lowest BCUT2D eigenvalue weighted by Crippen LogP contribution is -2.48. The average molecular weight is 565 g/mol. The molecule has 1 aliphatic carbocycles. The number of morpholine rings is 1. The molecule has 0 aromatic carbocycles. The number of nitrogens with zero attached hydrogens (tertiary/aromatic N) is 5. The van der Waals surface area contributed by atoms with E-state index in [1.165, 1.54) is 22.9 Å². The molecular weight excluding hydrogens is 540 g/mol. The maximum atomic E-state index is 13.3. The highest BCUT2D eigenvalue weighted by atomic mass is 32.2. The van der Waals surface area contributed by atoms with Crippen LogP contribution < -0.4 is 9.62 Å². The second-order valence-electron chi connectivity index (χ2n) is 9.38. The molecule has 16 heteroatoms. The molecule has 1 saturated carbocycles. The zero-order chi connectivity index (χ0) is 26.5. The van der Waals surface area contributed by atoms with Crippen molar-refractivity contribution in [1.82, 2.24) is 24.3 Å². The van der Waals surface area contributed by atoms with Crippen molar-refractivity contribution in [2.45, 2.75) is 62.4 Å². The summed E-state index contributed by atoms with van der Waals surface area (Å²) in [6.07, 6.45) is 0.282. The van der Waals surface area contributed by atoms with Crippen LogP contribution in [0.2, 0.25) is 0 Å². The number of fused-ring (bicyclic) bond motifs is 1. The van der Waals surface area contributed by atoms with Crippen LogP contribution in [0.3, 0.4) is 0 Å². The Bertz CT molecular complexity index is 1390. The highest BCUT2D eigenvalue weighted by molar-refractivity contribution is 7.89. The maximum Gasteiger partial charge on any atom is 0.345 e. The van der Waals surface area contributed by atoms with Gasteiger partial charge in [-0.25, -0.2) is 26.9 Å². The van der Waals surface area contributed by atoms with Gasteiger partial charge in [0.05, 0.1) is 30.7 Å². The average Bonchev–Trinajstić information content (AvgIpc) is 3.21. The number of hydrogen-bond acceptors (Lipinski definition) is 9. The molecule has 0 radical (unpaired) electrons. The quantitative estimate of drug-likeness (QED) is 0.394. The van der Waals surface area contributed by atoms with Crippen LogP contribution in [-0.4, -0.2) is 72.1 Å². The van der Waals surface area contributed by atoms with Crippen molar-refractivity contribution in [3.63, 3.8) is 0 Å². The van der Waals surface area contributed by atoms with E-state index < -0.39 is 39.7 Å². The van der Waals surface area contributed by atoms with Crippen molar-refractivity contribution in [1.29, 1.82) is 0 Å². The van der Waals surface area contributed by atoms with Crippen LogP contribution in [0, 0.1) is 0 Å². The number of ether oxygens (including phenoxy) is 2. The summed E-state index contributed by atoms with van der Waals surface area (Å²) in [6.45, 7) is 0.720. The topological polar surface area (TPSA) is 111 Å². The number of imidazole rings is 1. The number of anilines is 1. The smallest absolute Gasteiger partial charge is 0.345 e. The minimum atomic E-state index is -3.97. The van der Waals surface area contributed by atoms with Gasteiger partial charge in [-0.1, -0.05) is 11.3 Å². The van der Waals surface area contributed by atoms with Crippen molar-refractivity contribution in [2.75, 3.05) is 24.6 Å². The molecule has 2 aliphatic rings. The van der Waals surface area contributed by atoms with E-state index >= 15 is 0 Å². The summed E-state index contributed by atoms with van der Waals surface area (Å²) < 4.78 is 92.5. The third-order valence-electron chi connectivity index (χ3n) is 6.17. The van der Waals surface area contributed by atoms with Gasteiger partial charge in [0.1, 0.15) is 10.6 Å². The minimum absolute atomic E-state index is 0.0690. The molecule has 202 valence electrons. The van der Waals surface area contributed by atoms with Crippen molar-refractivity contribution in [3.05, 3.63) is 23.5 Å². The molecule has 4 heterocycles. The van der Waals surface area contributed by atoms with Gasteiger partial charge in [0.25, 0.3) is 6.43 Å². The molecule has 3 aromatic rings. The molecule has 0 bridgehead atoms. The Morgan fingerprint density at radius 1 is 1.27 bits per heavy atom. The molecule has 10 nitrogen and oxygen atoms in total. The Balaban J connectivity index is 1.60. The van der Waals surface area contributed by atoms with Crippen LogP contribution in [0.15, 0.2) is 23.4 Å². The molecule has 37 heavy (non-hydrogen) atoms. The van der Waals surface area contributed by atoms with Crippen molar-refractivity contribution < 1.29 is 35.5 Å². The molecule has 0 amide bonds. The van der Waals surface area contributed by atoms with Crippen LogP contribution in [0.5, 0.6) is 0 Å². The lowest BCUT2D eigenvalue weighted by molar-refractivity contribution is -0.162. The molecule has 0 unspecified atom stereocenters. The molecule has 1 saturated heterocycles. The SMILES string of the molecule is C[C@H]1CN(c2cc(S(=O)(=O)NC3(C)CC3)cn3c(-c4nnc(C(F)F)s4)cnc23)C[C@@H](COC(F)F)O1. The number of pyridine rings is 1. The van der Waals surface area contributed by atoms with Crippen LogP contribution in [0.1, 0.15) is 38.1 Å². The molecule has 2 fully saturated rings. The highest BCUT2D eigenvalue weighted by Gasteiger charge is 2.41. The van der Waals surface area contributed by atoms with Crippen molar-refractivity contribution in [2.24, 2.45) is 0 Å². The summed E-state index contributed by atoms with van der Waals surface area (Å²) in [5.74, 6) is 0. The van der Waals surface area contributed by atoms with E-state index in [-0.39, 0.29) is 34.9 Å². The van der Waals surface area contributed by atoms with Crippen molar-refractivity contribution >= 4 is 32.7 Å². The van der Waals surface area contributed by atoms with Crippen LogP contribution in [0.4, 0.5) is 23.2 Å². The monoisotopic (exact) mass is 564 g/mol. The van der Waals surface area contributed by atoms with Crippen LogP contribution in [-0.2, 0) is 19.5 Å². The number of aromatic nitrogens is 4. The number of hydrogen-bond donors (Lipinski definition) is 1. The van der Waals surface area contributed by atoms with E-state index in [1.54, 1.807) is 18.7 Å². The van der Waals surface area contributed by atoms with E-state index in [2.05, 4.69) is 24.6 Å².